The predicted octanol–water partition coefficient (Wildman–Crippen LogP) is 4.62. The summed E-state index contributed by atoms with van der Waals surface area (Å²) in [6.07, 6.45) is 10.2. The lowest BCUT2D eigenvalue weighted by atomic mass is 9.84. The van der Waals surface area contributed by atoms with E-state index in [1.54, 1.807) is 24.3 Å². The van der Waals surface area contributed by atoms with Gasteiger partial charge in [0, 0.05) is 46.9 Å². The molecule has 0 radical (unpaired) electrons. The molecule has 2 amide bonds. The van der Waals surface area contributed by atoms with E-state index in [1.165, 1.54) is 31.8 Å². The van der Waals surface area contributed by atoms with Crippen molar-refractivity contribution < 1.29 is 9.59 Å². The number of benzene rings is 1. The maximum atomic E-state index is 12.5. The van der Waals surface area contributed by atoms with Crippen LogP contribution < -0.4 is 5.32 Å². The summed E-state index contributed by atoms with van der Waals surface area (Å²) in [6.45, 7) is 3.86. The minimum Gasteiger partial charge on any atom is -0.343 e. The summed E-state index contributed by atoms with van der Waals surface area (Å²) in [5, 5.41) is 3.62. The summed E-state index contributed by atoms with van der Waals surface area (Å²) in [6, 6.07) is 6.37. The van der Waals surface area contributed by atoms with Crippen LogP contribution in [0.4, 0.5) is 0 Å². The topological polar surface area (TPSA) is 52.6 Å². The molecular weight excluding hydrogens is 433 g/mol. The van der Waals surface area contributed by atoms with Crippen LogP contribution in [0.25, 0.3) is 6.08 Å². The molecule has 2 fully saturated rings. The number of likely N-dealkylation sites (tertiary alicyclic amines) is 1. The molecule has 1 aliphatic carbocycles. The van der Waals surface area contributed by atoms with Crippen LogP contribution in [0.3, 0.4) is 0 Å². The zero-order chi connectivity index (χ0) is 22.4. The first kappa shape index (κ1) is 24.1. The summed E-state index contributed by atoms with van der Waals surface area (Å²) < 4.78 is 0. The smallest absolute Gasteiger partial charge is 0.244 e. The largest absolute Gasteiger partial charge is 0.343 e. The molecule has 1 N–H and O–H groups in total. The Morgan fingerprint density at radius 2 is 1.77 bits per heavy atom. The molecule has 7 heteroatoms. The lowest BCUT2D eigenvalue weighted by molar-refractivity contribution is -0.133. The van der Waals surface area contributed by atoms with Crippen molar-refractivity contribution in [2.45, 2.75) is 57.5 Å². The molecule has 0 bridgehead atoms. The highest BCUT2D eigenvalue weighted by atomic mass is 35.5. The molecule has 0 aromatic heterocycles. The van der Waals surface area contributed by atoms with Crippen molar-refractivity contribution in [1.29, 1.82) is 0 Å². The van der Waals surface area contributed by atoms with Crippen LogP contribution in [0.1, 0.15) is 51.0 Å². The number of halogens is 2. The Balaban J connectivity index is 1.42. The molecular formula is C24H33Cl2N3O2. The number of rotatable bonds is 6. The second-order valence-corrected chi connectivity index (χ2v) is 9.61. The third-order valence-corrected chi connectivity index (χ3v) is 7.46. The van der Waals surface area contributed by atoms with E-state index in [1.807, 2.05) is 4.90 Å². The summed E-state index contributed by atoms with van der Waals surface area (Å²) in [5.74, 6) is 0.372. The van der Waals surface area contributed by atoms with E-state index in [0.717, 1.165) is 31.8 Å². The van der Waals surface area contributed by atoms with Crippen molar-refractivity contribution in [3.05, 3.63) is 39.9 Å². The molecule has 3 rings (SSSR count). The van der Waals surface area contributed by atoms with E-state index < -0.39 is 0 Å². The number of amides is 2. The SMILES string of the molecule is C[C@@H]1CCCC[C@H]1N(C)C1CCN(C(=O)CNC(=O)/C=C/c2c(Cl)cccc2Cl)CC1. The monoisotopic (exact) mass is 465 g/mol. The van der Waals surface area contributed by atoms with E-state index in [-0.39, 0.29) is 18.4 Å². The molecule has 2 aliphatic rings. The van der Waals surface area contributed by atoms with Crippen LogP contribution in [-0.2, 0) is 9.59 Å². The van der Waals surface area contributed by atoms with Gasteiger partial charge >= 0.3 is 0 Å². The molecule has 1 aromatic rings. The van der Waals surface area contributed by atoms with Crippen molar-refractivity contribution in [2.24, 2.45) is 5.92 Å². The maximum Gasteiger partial charge on any atom is 0.244 e. The van der Waals surface area contributed by atoms with E-state index in [2.05, 4.69) is 24.2 Å². The Hall–Kier alpha value is -1.56. The average molecular weight is 466 g/mol. The Kier molecular flexibility index (Phi) is 8.82. The molecule has 1 saturated heterocycles. The van der Waals surface area contributed by atoms with Crippen LogP contribution in [-0.4, -0.2) is 60.4 Å². The Morgan fingerprint density at radius 1 is 1.13 bits per heavy atom. The van der Waals surface area contributed by atoms with Crippen LogP contribution in [0.2, 0.25) is 10.0 Å². The van der Waals surface area contributed by atoms with Crippen molar-refractivity contribution in [2.75, 3.05) is 26.7 Å². The molecule has 31 heavy (non-hydrogen) atoms. The molecule has 1 aliphatic heterocycles. The van der Waals surface area contributed by atoms with Gasteiger partial charge in [0.2, 0.25) is 11.8 Å². The number of hydrogen-bond acceptors (Lipinski definition) is 3. The summed E-state index contributed by atoms with van der Waals surface area (Å²) in [4.78, 5) is 29.1. The molecule has 0 unspecified atom stereocenters. The molecule has 5 nitrogen and oxygen atoms in total. The first-order valence-electron chi connectivity index (χ1n) is 11.3. The van der Waals surface area contributed by atoms with Gasteiger partial charge < -0.3 is 15.1 Å². The fraction of sp³-hybridized carbons (Fsp3) is 0.583. The van der Waals surface area contributed by atoms with Gasteiger partial charge in [-0.1, -0.05) is 49.0 Å². The molecule has 170 valence electrons. The normalized spacial score (nSPS) is 22.8. The van der Waals surface area contributed by atoms with Gasteiger partial charge in [-0.05, 0) is 56.9 Å². The quantitative estimate of drug-likeness (QED) is 0.623. The van der Waals surface area contributed by atoms with Crippen molar-refractivity contribution in [1.82, 2.24) is 15.1 Å². The van der Waals surface area contributed by atoms with Crippen LogP contribution in [0.5, 0.6) is 0 Å². The van der Waals surface area contributed by atoms with Crippen molar-refractivity contribution >= 4 is 41.1 Å². The zero-order valence-corrected chi connectivity index (χ0v) is 20.0. The van der Waals surface area contributed by atoms with Gasteiger partial charge in [-0.3, -0.25) is 9.59 Å². The number of carbonyl (C=O) groups excluding carboxylic acids is 2. The third kappa shape index (κ3) is 6.47. The van der Waals surface area contributed by atoms with Gasteiger partial charge in [0.1, 0.15) is 0 Å². The highest BCUT2D eigenvalue weighted by Crippen LogP contribution is 2.30. The Morgan fingerprint density at radius 3 is 2.42 bits per heavy atom. The number of piperidine rings is 1. The molecule has 2 atom stereocenters. The summed E-state index contributed by atoms with van der Waals surface area (Å²) >= 11 is 12.2. The van der Waals surface area contributed by atoms with E-state index >= 15 is 0 Å². The van der Waals surface area contributed by atoms with E-state index in [4.69, 9.17) is 23.2 Å². The summed E-state index contributed by atoms with van der Waals surface area (Å²) in [5.41, 5.74) is 0.589. The minimum atomic E-state index is -0.342. The Bertz CT molecular complexity index is 786. The average Bonchev–Trinajstić information content (AvgIpc) is 2.77. The molecule has 0 spiro atoms. The second-order valence-electron chi connectivity index (χ2n) is 8.79. The van der Waals surface area contributed by atoms with E-state index in [0.29, 0.717) is 27.7 Å². The number of carbonyl (C=O) groups is 2. The number of nitrogens with zero attached hydrogens (tertiary/aromatic N) is 2. The molecule has 1 aromatic carbocycles. The second kappa shape index (κ2) is 11.3. The van der Waals surface area contributed by atoms with Gasteiger partial charge in [-0.25, -0.2) is 0 Å². The highest BCUT2D eigenvalue weighted by Gasteiger charge is 2.32. The number of hydrogen-bond donors (Lipinski definition) is 1. The number of nitrogens with one attached hydrogen (secondary N) is 1. The Labute approximate surface area is 195 Å². The first-order valence-corrected chi connectivity index (χ1v) is 12.0. The summed E-state index contributed by atoms with van der Waals surface area (Å²) in [7, 11) is 2.26. The zero-order valence-electron chi connectivity index (χ0n) is 18.4. The standard InChI is InChI=1S/C24H33Cl2N3O2/c1-17-6-3-4-9-22(17)28(2)18-12-14-29(15-13-18)24(31)16-27-23(30)11-10-19-20(25)7-5-8-21(19)26/h5,7-8,10-11,17-18,22H,3-4,6,9,12-16H2,1-2H3,(H,27,30)/b11-10+/t17-,22-/m1/s1. The van der Waals surface area contributed by atoms with Gasteiger partial charge in [0.15, 0.2) is 0 Å². The molecule has 1 heterocycles. The van der Waals surface area contributed by atoms with Gasteiger partial charge in [-0.15, -0.1) is 0 Å². The van der Waals surface area contributed by atoms with Crippen LogP contribution in [0.15, 0.2) is 24.3 Å². The lowest BCUT2D eigenvalue weighted by Gasteiger charge is -2.44. The lowest BCUT2D eigenvalue weighted by Crippen LogP contribution is -2.51. The van der Waals surface area contributed by atoms with Gasteiger partial charge in [0.25, 0.3) is 0 Å². The van der Waals surface area contributed by atoms with Crippen LogP contribution in [0, 0.1) is 5.92 Å². The predicted molar refractivity (Wildman–Crippen MR) is 127 cm³/mol. The van der Waals surface area contributed by atoms with Crippen molar-refractivity contribution in [3.63, 3.8) is 0 Å². The fourth-order valence-electron chi connectivity index (χ4n) is 4.86. The highest BCUT2D eigenvalue weighted by molar-refractivity contribution is 6.37. The van der Waals surface area contributed by atoms with E-state index in [9.17, 15) is 9.59 Å². The van der Waals surface area contributed by atoms with Crippen LogP contribution >= 0.6 is 23.2 Å². The first-order chi connectivity index (χ1) is 14.9. The third-order valence-electron chi connectivity index (χ3n) is 6.80. The maximum absolute atomic E-state index is 12.5. The minimum absolute atomic E-state index is 0.000404. The van der Waals surface area contributed by atoms with Gasteiger partial charge in [0.05, 0.1) is 6.54 Å². The molecule has 1 saturated carbocycles. The van der Waals surface area contributed by atoms with Gasteiger partial charge in [-0.2, -0.15) is 0 Å². The van der Waals surface area contributed by atoms with Crippen molar-refractivity contribution in [3.8, 4) is 0 Å². The fourth-order valence-corrected chi connectivity index (χ4v) is 5.38.